The van der Waals surface area contributed by atoms with Crippen LogP contribution in [0.3, 0.4) is 0 Å². The number of carbonyl (C=O) groups is 1. The topological polar surface area (TPSA) is 42.0 Å². The molecule has 1 aromatic carbocycles. The minimum absolute atomic E-state index is 0.133. The van der Waals surface area contributed by atoms with E-state index in [9.17, 15) is 4.79 Å². The summed E-state index contributed by atoms with van der Waals surface area (Å²) in [5.41, 5.74) is 1.63. The van der Waals surface area contributed by atoms with Crippen molar-refractivity contribution in [3.63, 3.8) is 0 Å². The summed E-state index contributed by atoms with van der Waals surface area (Å²) in [6, 6.07) is 13.1. The van der Waals surface area contributed by atoms with Crippen LogP contribution in [0.25, 0.3) is 0 Å². The van der Waals surface area contributed by atoms with E-state index in [0.29, 0.717) is 12.2 Å². The van der Waals surface area contributed by atoms with Gasteiger partial charge in [-0.05, 0) is 42.7 Å². The lowest BCUT2D eigenvalue weighted by Gasteiger charge is -2.05. The molecule has 98 valence electrons. The van der Waals surface area contributed by atoms with Gasteiger partial charge in [0.2, 0.25) is 0 Å². The molecule has 0 aliphatic rings. The van der Waals surface area contributed by atoms with Crippen LogP contribution >= 0.6 is 11.6 Å². The standard InChI is InChI=1S/C15H15ClN2O/c16-13-7-3-5-12(11-13)6-4-10-18-15(19)14-8-1-2-9-17-14/h1-3,5,7-9,11H,4,6,10H2,(H,18,19). The number of amides is 1. The summed E-state index contributed by atoms with van der Waals surface area (Å²) in [6.45, 7) is 0.627. The Labute approximate surface area is 117 Å². The number of rotatable bonds is 5. The van der Waals surface area contributed by atoms with Crippen LogP contribution in [0.1, 0.15) is 22.5 Å². The number of aromatic nitrogens is 1. The van der Waals surface area contributed by atoms with Gasteiger partial charge in [-0.15, -0.1) is 0 Å². The van der Waals surface area contributed by atoms with Crippen molar-refractivity contribution in [2.24, 2.45) is 0 Å². The van der Waals surface area contributed by atoms with Crippen molar-refractivity contribution in [2.45, 2.75) is 12.8 Å². The third-order valence-corrected chi connectivity index (χ3v) is 2.95. The molecule has 0 atom stereocenters. The van der Waals surface area contributed by atoms with E-state index in [1.165, 1.54) is 5.56 Å². The van der Waals surface area contributed by atoms with Crippen molar-refractivity contribution in [2.75, 3.05) is 6.54 Å². The SMILES string of the molecule is O=C(NCCCc1cccc(Cl)c1)c1ccccn1. The Kier molecular flexibility index (Phi) is 4.93. The molecular formula is C15H15ClN2O. The highest BCUT2D eigenvalue weighted by Gasteiger charge is 2.04. The summed E-state index contributed by atoms with van der Waals surface area (Å²) >= 11 is 5.91. The summed E-state index contributed by atoms with van der Waals surface area (Å²) in [5.74, 6) is -0.133. The number of nitrogens with zero attached hydrogens (tertiary/aromatic N) is 1. The molecule has 2 aromatic rings. The van der Waals surface area contributed by atoms with E-state index in [1.54, 1.807) is 24.4 Å². The van der Waals surface area contributed by atoms with Crippen molar-refractivity contribution in [1.82, 2.24) is 10.3 Å². The summed E-state index contributed by atoms with van der Waals surface area (Å²) in [4.78, 5) is 15.7. The van der Waals surface area contributed by atoms with E-state index in [1.807, 2.05) is 24.3 Å². The molecule has 4 heteroatoms. The monoisotopic (exact) mass is 274 g/mol. The number of pyridine rings is 1. The summed E-state index contributed by atoms with van der Waals surface area (Å²) in [5, 5.41) is 3.59. The molecule has 0 radical (unpaired) electrons. The van der Waals surface area contributed by atoms with Gasteiger partial charge in [0.15, 0.2) is 0 Å². The Balaban J connectivity index is 1.74. The van der Waals surface area contributed by atoms with Crippen LogP contribution in [0.15, 0.2) is 48.7 Å². The molecule has 0 aliphatic heterocycles. The fraction of sp³-hybridized carbons (Fsp3) is 0.200. The van der Waals surface area contributed by atoms with E-state index in [4.69, 9.17) is 11.6 Å². The smallest absolute Gasteiger partial charge is 0.269 e. The lowest BCUT2D eigenvalue weighted by atomic mass is 10.1. The van der Waals surface area contributed by atoms with Crippen molar-refractivity contribution in [3.05, 3.63) is 64.9 Å². The first-order chi connectivity index (χ1) is 9.25. The average Bonchev–Trinajstić information content (AvgIpc) is 2.44. The van der Waals surface area contributed by atoms with Gasteiger partial charge in [0, 0.05) is 17.8 Å². The van der Waals surface area contributed by atoms with Gasteiger partial charge in [0.05, 0.1) is 0 Å². The van der Waals surface area contributed by atoms with Crippen LogP contribution < -0.4 is 5.32 Å². The molecule has 19 heavy (non-hydrogen) atoms. The summed E-state index contributed by atoms with van der Waals surface area (Å²) in [7, 11) is 0. The zero-order valence-corrected chi connectivity index (χ0v) is 11.2. The van der Waals surface area contributed by atoms with Crippen LogP contribution in [0, 0.1) is 0 Å². The maximum Gasteiger partial charge on any atom is 0.269 e. The molecule has 1 N–H and O–H groups in total. The number of hydrogen-bond donors (Lipinski definition) is 1. The van der Waals surface area contributed by atoms with Crippen LogP contribution in [-0.2, 0) is 6.42 Å². The first-order valence-electron chi connectivity index (χ1n) is 6.19. The maximum atomic E-state index is 11.7. The molecule has 2 rings (SSSR count). The molecule has 0 fully saturated rings. The van der Waals surface area contributed by atoms with Gasteiger partial charge >= 0.3 is 0 Å². The van der Waals surface area contributed by atoms with Crippen LogP contribution in [0.4, 0.5) is 0 Å². The van der Waals surface area contributed by atoms with Gasteiger partial charge in [-0.3, -0.25) is 9.78 Å². The Morgan fingerprint density at radius 3 is 2.84 bits per heavy atom. The Morgan fingerprint density at radius 2 is 2.11 bits per heavy atom. The number of benzene rings is 1. The fourth-order valence-electron chi connectivity index (χ4n) is 1.77. The summed E-state index contributed by atoms with van der Waals surface area (Å²) in [6.07, 6.45) is 3.38. The first kappa shape index (κ1) is 13.6. The highest BCUT2D eigenvalue weighted by Crippen LogP contribution is 2.11. The molecule has 1 aromatic heterocycles. The second-order valence-corrected chi connectivity index (χ2v) is 4.64. The molecular weight excluding hydrogens is 260 g/mol. The predicted octanol–water partition coefficient (Wildman–Crippen LogP) is 3.10. The van der Waals surface area contributed by atoms with Gasteiger partial charge in [-0.2, -0.15) is 0 Å². The number of carbonyl (C=O) groups excluding carboxylic acids is 1. The van der Waals surface area contributed by atoms with E-state index in [-0.39, 0.29) is 5.91 Å². The molecule has 0 spiro atoms. The van der Waals surface area contributed by atoms with Gasteiger partial charge in [0.1, 0.15) is 5.69 Å². The number of aryl methyl sites for hydroxylation is 1. The molecule has 0 saturated carbocycles. The van der Waals surface area contributed by atoms with Gasteiger partial charge in [0.25, 0.3) is 5.91 Å². The molecule has 0 bridgehead atoms. The third-order valence-electron chi connectivity index (χ3n) is 2.71. The fourth-order valence-corrected chi connectivity index (χ4v) is 1.99. The van der Waals surface area contributed by atoms with Gasteiger partial charge in [-0.25, -0.2) is 0 Å². The Morgan fingerprint density at radius 1 is 1.21 bits per heavy atom. The largest absolute Gasteiger partial charge is 0.351 e. The normalized spacial score (nSPS) is 10.2. The minimum Gasteiger partial charge on any atom is -0.351 e. The molecule has 1 heterocycles. The molecule has 3 nitrogen and oxygen atoms in total. The van der Waals surface area contributed by atoms with Crippen LogP contribution in [0.5, 0.6) is 0 Å². The van der Waals surface area contributed by atoms with E-state index < -0.39 is 0 Å². The Hall–Kier alpha value is -1.87. The van der Waals surface area contributed by atoms with Crippen molar-refractivity contribution in [1.29, 1.82) is 0 Å². The second kappa shape index (κ2) is 6.90. The predicted molar refractivity (Wildman–Crippen MR) is 76.3 cm³/mol. The van der Waals surface area contributed by atoms with Crippen molar-refractivity contribution in [3.8, 4) is 0 Å². The molecule has 0 unspecified atom stereocenters. The van der Waals surface area contributed by atoms with Crippen LogP contribution in [0.2, 0.25) is 5.02 Å². The quantitative estimate of drug-likeness (QED) is 0.852. The first-order valence-corrected chi connectivity index (χ1v) is 6.57. The lowest BCUT2D eigenvalue weighted by molar-refractivity contribution is 0.0948. The van der Waals surface area contributed by atoms with E-state index in [0.717, 1.165) is 17.9 Å². The molecule has 1 amide bonds. The lowest BCUT2D eigenvalue weighted by Crippen LogP contribution is -2.25. The van der Waals surface area contributed by atoms with Crippen molar-refractivity contribution >= 4 is 17.5 Å². The third kappa shape index (κ3) is 4.38. The molecule has 0 aliphatic carbocycles. The van der Waals surface area contributed by atoms with Crippen molar-refractivity contribution < 1.29 is 4.79 Å². The highest BCUT2D eigenvalue weighted by atomic mass is 35.5. The zero-order valence-electron chi connectivity index (χ0n) is 10.5. The Bertz CT molecular complexity index is 543. The number of hydrogen-bond acceptors (Lipinski definition) is 2. The maximum absolute atomic E-state index is 11.7. The number of nitrogens with one attached hydrogen (secondary N) is 1. The zero-order chi connectivity index (χ0) is 13.5. The van der Waals surface area contributed by atoms with Gasteiger partial charge < -0.3 is 5.32 Å². The minimum atomic E-state index is -0.133. The second-order valence-electron chi connectivity index (χ2n) is 4.20. The average molecular weight is 275 g/mol. The summed E-state index contributed by atoms with van der Waals surface area (Å²) < 4.78 is 0. The van der Waals surface area contributed by atoms with E-state index >= 15 is 0 Å². The highest BCUT2D eigenvalue weighted by molar-refractivity contribution is 6.30. The molecule has 0 saturated heterocycles. The van der Waals surface area contributed by atoms with Gasteiger partial charge in [-0.1, -0.05) is 29.8 Å². The van der Waals surface area contributed by atoms with E-state index in [2.05, 4.69) is 10.3 Å². The number of halogens is 1. The van der Waals surface area contributed by atoms with Crippen LogP contribution in [-0.4, -0.2) is 17.4 Å².